The second-order valence-corrected chi connectivity index (χ2v) is 7.02. The average molecular weight is 369 g/mol. The number of carbonyl (C=O) groups is 2. The number of piperazine rings is 1. The van der Waals surface area contributed by atoms with E-state index >= 15 is 0 Å². The Hall–Kier alpha value is -2.76. The van der Waals surface area contributed by atoms with Crippen LogP contribution in [0.15, 0.2) is 30.6 Å². The monoisotopic (exact) mass is 369 g/mol. The number of carbonyl (C=O) groups excluding carboxylic acids is 2. The van der Waals surface area contributed by atoms with Crippen LogP contribution in [0.1, 0.15) is 38.8 Å². The van der Waals surface area contributed by atoms with Crippen LogP contribution in [0.4, 0.5) is 0 Å². The van der Waals surface area contributed by atoms with Gasteiger partial charge in [-0.3, -0.25) is 9.59 Å². The van der Waals surface area contributed by atoms with E-state index < -0.39 is 0 Å². The number of rotatable bonds is 4. The summed E-state index contributed by atoms with van der Waals surface area (Å²) in [4.78, 5) is 29.2. The molecule has 0 saturated carbocycles. The van der Waals surface area contributed by atoms with Crippen LogP contribution < -0.4 is 4.74 Å². The predicted octanol–water partition coefficient (Wildman–Crippen LogP) is 2.64. The van der Waals surface area contributed by atoms with Crippen molar-refractivity contribution in [2.45, 2.75) is 20.8 Å². The molecule has 0 N–H and O–H groups in total. The van der Waals surface area contributed by atoms with Gasteiger partial charge in [-0.05, 0) is 50.1 Å². The maximum Gasteiger partial charge on any atom is 0.255 e. The lowest BCUT2D eigenvalue weighted by Gasteiger charge is -2.35. The topological polar surface area (TPSA) is 54.8 Å². The van der Waals surface area contributed by atoms with Gasteiger partial charge >= 0.3 is 0 Å². The lowest BCUT2D eigenvalue weighted by Crippen LogP contribution is -2.50. The van der Waals surface area contributed by atoms with E-state index in [1.165, 1.54) is 0 Å². The fourth-order valence-electron chi connectivity index (χ4n) is 3.43. The number of nitrogens with zero attached hydrogens (tertiary/aromatic N) is 3. The molecule has 1 aliphatic rings. The van der Waals surface area contributed by atoms with E-state index in [0.717, 1.165) is 16.9 Å². The van der Waals surface area contributed by atoms with Gasteiger partial charge in [-0.2, -0.15) is 0 Å². The molecule has 3 rings (SSSR count). The van der Waals surface area contributed by atoms with Crippen LogP contribution in [-0.2, 0) is 7.05 Å². The molecule has 1 fully saturated rings. The van der Waals surface area contributed by atoms with Gasteiger partial charge in [0.05, 0.1) is 12.2 Å². The molecule has 0 aliphatic carbocycles. The molecule has 1 aromatic heterocycles. The number of amides is 2. The van der Waals surface area contributed by atoms with E-state index in [-0.39, 0.29) is 11.8 Å². The highest BCUT2D eigenvalue weighted by Gasteiger charge is 2.26. The lowest BCUT2D eigenvalue weighted by molar-refractivity contribution is 0.0535. The smallest absolute Gasteiger partial charge is 0.255 e. The van der Waals surface area contributed by atoms with Crippen LogP contribution >= 0.6 is 0 Å². The first kappa shape index (κ1) is 19.0. The summed E-state index contributed by atoms with van der Waals surface area (Å²) in [6, 6.07) is 5.66. The summed E-state index contributed by atoms with van der Waals surface area (Å²) in [6.07, 6.45) is 3.69. The van der Waals surface area contributed by atoms with E-state index in [2.05, 4.69) is 0 Å². The van der Waals surface area contributed by atoms with Gasteiger partial charge < -0.3 is 19.1 Å². The highest BCUT2D eigenvalue weighted by Crippen LogP contribution is 2.24. The van der Waals surface area contributed by atoms with E-state index in [0.29, 0.717) is 43.9 Å². The van der Waals surface area contributed by atoms with Crippen LogP contribution in [0, 0.1) is 13.8 Å². The van der Waals surface area contributed by atoms with Gasteiger partial charge in [-0.25, -0.2) is 0 Å². The molecule has 0 atom stereocenters. The summed E-state index contributed by atoms with van der Waals surface area (Å²) in [7, 11) is 1.90. The Labute approximate surface area is 160 Å². The Morgan fingerprint density at radius 1 is 1.00 bits per heavy atom. The molecule has 144 valence electrons. The van der Waals surface area contributed by atoms with E-state index in [4.69, 9.17) is 4.74 Å². The molecular formula is C21H27N3O3. The van der Waals surface area contributed by atoms with Crippen LogP contribution in [-0.4, -0.2) is 59.0 Å². The first-order valence-electron chi connectivity index (χ1n) is 9.35. The zero-order valence-electron chi connectivity index (χ0n) is 16.5. The summed E-state index contributed by atoms with van der Waals surface area (Å²) in [6.45, 7) is 8.63. The van der Waals surface area contributed by atoms with Crippen molar-refractivity contribution in [3.8, 4) is 5.75 Å². The fourth-order valence-corrected chi connectivity index (χ4v) is 3.43. The molecule has 2 amide bonds. The van der Waals surface area contributed by atoms with Crippen molar-refractivity contribution in [2.24, 2.45) is 7.05 Å². The summed E-state index contributed by atoms with van der Waals surface area (Å²) in [5.41, 5.74) is 3.27. The molecule has 6 nitrogen and oxygen atoms in total. The molecule has 0 bridgehead atoms. The fraction of sp³-hybridized carbons (Fsp3) is 0.429. The van der Waals surface area contributed by atoms with Crippen LogP contribution in [0.3, 0.4) is 0 Å². The standard InChI is InChI=1S/C21H27N3O3/c1-5-27-19-13-15(2)18(12-16(19)3)21(26)24-10-8-23(9-11-24)20(25)17-6-7-22(4)14-17/h6-7,12-14H,5,8-11H2,1-4H3. The Morgan fingerprint density at radius 2 is 1.63 bits per heavy atom. The van der Waals surface area contributed by atoms with Crippen molar-refractivity contribution in [1.82, 2.24) is 14.4 Å². The van der Waals surface area contributed by atoms with Crippen molar-refractivity contribution >= 4 is 11.8 Å². The van der Waals surface area contributed by atoms with Crippen molar-refractivity contribution in [1.29, 1.82) is 0 Å². The van der Waals surface area contributed by atoms with Gasteiger partial charge in [0.15, 0.2) is 0 Å². The zero-order chi connectivity index (χ0) is 19.6. The minimum atomic E-state index is 0.0189. The van der Waals surface area contributed by atoms with Gasteiger partial charge in [0.25, 0.3) is 11.8 Å². The maximum absolute atomic E-state index is 13.0. The van der Waals surface area contributed by atoms with E-state index in [1.54, 1.807) is 0 Å². The normalized spacial score (nSPS) is 14.4. The first-order chi connectivity index (χ1) is 12.9. The second kappa shape index (κ2) is 7.86. The Balaban J connectivity index is 1.66. The van der Waals surface area contributed by atoms with Gasteiger partial charge in [-0.1, -0.05) is 0 Å². The molecule has 27 heavy (non-hydrogen) atoms. The summed E-state index contributed by atoms with van der Waals surface area (Å²) in [5.74, 6) is 0.867. The summed E-state index contributed by atoms with van der Waals surface area (Å²) in [5, 5.41) is 0. The van der Waals surface area contributed by atoms with Crippen molar-refractivity contribution in [3.63, 3.8) is 0 Å². The lowest BCUT2D eigenvalue weighted by atomic mass is 10.0. The highest BCUT2D eigenvalue weighted by molar-refractivity contribution is 5.97. The Kier molecular flexibility index (Phi) is 5.54. The molecule has 0 radical (unpaired) electrons. The summed E-state index contributed by atoms with van der Waals surface area (Å²) < 4.78 is 7.48. The summed E-state index contributed by atoms with van der Waals surface area (Å²) >= 11 is 0. The van der Waals surface area contributed by atoms with Gasteiger partial charge in [-0.15, -0.1) is 0 Å². The third kappa shape index (κ3) is 3.99. The van der Waals surface area contributed by atoms with E-state index in [1.807, 2.05) is 72.8 Å². The van der Waals surface area contributed by atoms with Crippen LogP contribution in [0.5, 0.6) is 5.75 Å². The number of hydrogen-bond donors (Lipinski definition) is 0. The molecule has 2 aromatic rings. The zero-order valence-corrected chi connectivity index (χ0v) is 16.5. The van der Waals surface area contributed by atoms with Gasteiger partial charge in [0, 0.05) is 51.2 Å². The van der Waals surface area contributed by atoms with Gasteiger partial charge in [0.2, 0.25) is 0 Å². The minimum Gasteiger partial charge on any atom is -0.494 e. The third-order valence-corrected chi connectivity index (χ3v) is 4.99. The Bertz CT molecular complexity index is 848. The first-order valence-corrected chi connectivity index (χ1v) is 9.35. The van der Waals surface area contributed by atoms with Gasteiger partial charge in [0.1, 0.15) is 5.75 Å². The van der Waals surface area contributed by atoms with Crippen molar-refractivity contribution in [3.05, 3.63) is 52.8 Å². The molecule has 1 aliphatic heterocycles. The van der Waals surface area contributed by atoms with E-state index in [9.17, 15) is 9.59 Å². The number of aryl methyl sites for hydroxylation is 3. The molecule has 2 heterocycles. The quantitative estimate of drug-likeness (QED) is 0.833. The van der Waals surface area contributed by atoms with Crippen LogP contribution in [0.25, 0.3) is 0 Å². The molecule has 1 aromatic carbocycles. The number of benzene rings is 1. The molecular weight excluding hydrogens is 342 g/mol. The molecule has 1 saturated heterocycles. The van der Waals surface area contributed by atoms with Crippen molar-refractivity contribution < 1.29 is 14.3 Å². The SMILES string of the molecule is CCOc1cc(C)c(C(=O)N2CCN(C(=O)c3ccn(C)c3)CC2)cc1C. The average Bonchev–Trinajstić information content (AvgIpc) is 3.10. The minimum absolute atomic E-state index is 0.0189. The Morgan fingerprint density at radius 3 is 2.19 bits per heavy atom. The molecule has 6 heteroatoms. The molecule has 0 spiro atoms. The maximum atomic E-state index is 13.0. The number of hydrogen-bond acceptors (Lipinski definition) is 3. The largest absolute Gasteiger partial charge is 0.494 e. The highest BCUT2D eigenvalue weighted by atomic mass is 16.5. The van der Waals surface area contributed by atoms with Crippen molar-refractivity contribution in [2.75, 3.05) is 32.8 Å². The number of ether oxygens (including phenoxy) is 1. The van der Waals surface area contributed by atoms with Crippen LogP contribution in [0.2, 0.25) is 0 Å². The predicted molar refractivity (Wildman–Crippen MR) is 104 cm³/mol. The second-order valence-electron chi connectivity index (χ2n) is 7.02. The molecule has 0 unspecified atom stereocenters. The number of aromatic nitrogens is 1. The third-order valence-electron chi connectivity index (χ3n) is 4.99.